The van der Waals surface area contributed by atoms with Crippen molar-refractivity contribution >= 4 is 6.08 Å². The minimum absolute atomic E-state index is 0.0974. The van der Waals surface area contributed by atoms with Gasteiger partial charge in [-0.25, -0.2) is 0 Å². The normalized spacial score (nSPS) is 20.6. The molecule has 5 rings (SSSR count). The number of phenolic OH excluding ortho intramolecular Hbond substituents is 1. The first-order chi connectivity index (χ1) is 16.8. The number of phenols is 1. The lowest BCUT2D eigenvalue weighted by atomic mass is 9.92. The van der Waals surface area contributed by atoms with Gasteiger partial charge in [0, 0.05) is 18.2 Å². The topological polar surface area (TPSA) is 69.2 Å². The van der Waals surface area contributed by atoms with Crippen molar-refractivity contribution in [2.45, 2.75) is 70.1 Å². The van der Waals surface area contributed by atoms with Gasteiger partial charge < -0.3 is 29.4 Å². The van der Waals surface area contributed by atoms with Crippen molar-refractivity contribution in [1.82, 2.24) is 5.32 Å². The van der Waals surface area contributed by atoms with Crippen LogP contribution in [-0.4, -0.2) is 37.4 Å². The van der Waals surface area contributed by atoms with Crippen LogP contribution in [0.4, 0.5) is 0 Å². The van der Waals surface area contributed by atoms with Gasteiger partial charge in [-0.3, -0.25) is 0 Å². The molecule has 3 aliphatic rings. The zero-order chi connectivity index (χ0) is 23.2. The summed E-state index contributed by atoms with van der Waals surface area (Å²) in [7, 11) is 0. The molecule has 0 amide bonds. The molecule has 2 fully saturated rings. The van der Waals surface area contributed by atoms with Crippen LogP contribution in [0.2, 0.25) is 0 Å². The van der Waals surface area contributed by atoms with Crippen molar-refractivity contribution in [2.75, 3.05) is 20.0 Å². The van der Waals surface area contributed by atoms with Gasteiger partial charge >= 0.3 is 0 Å². The van der Waals surface area contributed by atoms with E-state index in [1.807, 2.05) is 30.5 Å². The summed E-state index contributed by atoms with van der Waals surface area (Å²) >= 11 is 0. The first-order valence-electron chi connectivity index (χ1n) is 12.7. The Bertz CT molecular complexity index is 993. The first kappa shape index (κ1) is 23.1. The van der Waals surface area contributed by atoms with Crippen LogP contribution in [-0.2, 0) is 15.9 Å². The second kappa shape index (κ2) is 11.2. The molecule has 1 saturated heterocycles. The zero-order valence-electron chi connectivity index (χ0n) is 19.8. The summed E-state index contributed by atoms with van der Waals surface area (Å²) in [6.07, 6.45) is 14.1. The lowest BCUT2D eigenvalue weighted by Crippen LogP contribution is -2.26. The molecule has 182 valence electrons. The Morgan fingerprint density at radius 1 is 1.00 bits per heavy atom. The number of ether oxygens (including phenoxy) is 4. The van der Waals surface area contributed by atoms with Crippen molar-refractivity contribution in [3.8, 4) is 28.4 Å². The summed E-state index contributed by atoms with van der Waals surface area (Å²) in [4.78, 5) is 0. The third-order valence-corrected chi connectivity index (χ3v) is 6.98. The Morgan fingerprint density at radius 3 is 2.71 bits per heavy atom. The van der Waals surface area contributed by atoms with Crippen molar-refractivity contribution in [1.29, 1.82) is 0 Å². The maximum absolute atomic E-state index is 11.1. The third kappa shape index (κ3) is 5.34. The average Bonchev–Trinajstić information content (AvgIpc) is 3.36. The molecule has 0 radical (unpaired) electrons. The van der Waals surface area contributed by atoms with Gasteiger partial charge in [0.05, 0.1) is 6.61 Å². The Morgan fingerprint density at radius 2 is 1.85 bits per heavy atom. The second-order valence-electron chi connectivity index (χ2n) is 9.33. The summed E-state index contributed by atoms with van der Waals surface area (Å²) in [6.45, 7) is 1.49. The summed E-state index contributed by atoms with van der Waals surface area (Å²) in [5, 5.41) is 14.6. The molecule has 2 aromatic carbocycles. The summed E-state index contributed by atoms with van der Waals surface area (Å²) < 4.78 is 22.9. The van der Waals surface area contributed by atoms with Crippen LogP contribution >= 0.6 is 0 Å². The van der Waals surface area contributed by atoms with Crippen molar-refractivity contribution < 1.29 is 24.1 Å². The second-order valence-corrected chi connectivity index (χ2v) is 9.33. The highest BCUT2D eigenvalue weighted by molar-refractivity contribution is 5.84. The molecule has 2 aliphatic heterocycles. The van der Waals surface area contributed by atoms with Gasteiger partial charge in [-0.15, -0.1) is 0 Å². The van der Waals surface area contributed by atoms with Gasteiger partial charge in [0.2, 0.25) is 12.5 Å². The van der Waals surface area contributed by atoms with E-state index in [1.165, 1.54) is 32.1 Å². The van der Waals surface area contributed by atoms with Crippen LogP contribution in [0.5, 0.6) is 17.2 Å². The smallest absolute Gasteiger partial charge is 0.231 e. The number of fused-ring (bicyclic) bond motifs is 1. The van der Waals surface area contributed by atoms with E-state index in [2.05, 4.69) is 17.4 Å². The van der Waals surface area contributed by atoms with Gasteiger partial charge in [0.15, 0.2) is 17.8 Å². The average molecular weight is 466 g/mol. The van der Waals surface area contributed by atoms with Crippen LogP contribution in [0.3, 0.4) is 0 Å². The monoisotopic (exact) mass is 465 g/mol. The lowest BCUT2D eigenvalue weighted by Gasteiger charge is -2.23. The summed E-state index contributed by atoms with van der Waals surface area (Å²) in [5.41, 5.74) is 3.87. The molecule has 1 aliphatic carbocycles. The molecule has 0 aromatic heterocycles. The van der Waals surface area contributed by atoms with E-state index in [0.29, 0.717) is 24.1 Å². The first-order valence-corrected chi connectivity index (χ1v) is 12.7. The fourth-order valence-corrected chi connectivity index (χ4v) is 5.11. The maximum atomic E-state index is 11.1. The third-order valence-electron chi connectivity index (χ3n) is 6.98. The number of hydrogen-bond acceptors (Lipinski definition) is 6. The molecule has 1 saturated carbocycles. The minimum atomic E-state index is -0.0974. The van der Waals surface area contributed by atoms with Crippen LogP contribution < -0.4 is 14.8 Å². The maximum Gasteiger partial charge on any atom is 0.231 e. The number of aromatic hydroxyl groups is 1. The molecule has 2 N–H and O–H groups in total. The largest absolute Gasteiger partial charge is 0.504 e. The highest BCUT2D eigenvalue weighted by Gasteiger charge is 2.25. The molecule has 0 bridgehead atoms. The van der Waals surface area contributed by atoms with E-state index in [0.717, 1.165) is 54.5 Å². The van der Waals surface area contributed by atoms with Crippen molar-refractivity contribution in [2.24, 2.45) is 0 Å². The van der Waals surface area contributed by atoms with E-state index in [9.17, 15) is 5.11 Å². The lowest BCUT2D eigenvalue weighted by molar-refractivity contribution is -0.161. The standard InChI is InChI=1S/C28H35NO5/c30-27-23(13-15-29-21-9-2-1-3-10-21)24(18-25-28(27)34-19-33-25)22-11-5-4-8-20(22)14-17-32-26-12-6-7-16-31-26/h4-5,8,11,13,15,18,21,26,29-30H,1-3,6-7,9-10,12,14,16-17,19H2/b15-13+. The van der Waals surface area contributed by atoms with Crippen LogP contribution in [0.15, 0.2) is 36.5 Å². The van der Waals surface area contributed by atoms with E-state index in [-0.39, 0.29) is 18.8 Å². The predicted molar refractivity (Wildman–Crippen MR) is 132 cm³/mol. The molecule has 2 aromatic rings. The van der Waals surface area contributed by atoms with E-state index < -0.39 is 0 Å². The molecule has 1 unspecified atom stereocenters. The fourth-order valence-electron chi connectivity index (χ4n) is 5.11. The number of benzene rings is 2. The van der Waals surface area contributed by atoms with Gasteiger partial charge in [-0.1, -0.05) is 43.5 Å². The van der Waals surface area contributed by atoms with Gasteiger partial charge in [0.1, 0.15) is 0 Å². The number of hydrogen-bond donors (Lipinski definition) is 2. The quantitative estimate of drug-likeness (QED) is 0.516. The molecule has 6 nitrogen and oxygen atoms in total. The molecule has 1 atom stereocenters. The molecule has 2 heterocycles. The Balaban J connectivity index is 1.39. The predicted octanol–water partition coefficient (Wildman–Crippen LogP) is 5.77. The van der Waals surface area contributed by atoms with Gasteiger partial charge in [-0.2, -0.15) is 0 Å². The van der Waals surface area contributed by atoms with E-state index in [4.69, 9.17) is 18.9 Å². The molecule has 0 spiro atoms. The van der Waals surface area contributed by atoms with E-state index in [1.54, 1.807) is 0 Å². The fraction of sp³-hybridized carbons (Fsp3) is 0.500. The Kier molecular flexibility index (Phi) is 7.56. The highest BCUT2D eigenvalue weighted by Crippen LogP contribution is 2.48. The Hall–Kier alpha value is -2.70. The van der Waals surface area contributed by atoms with Crippen LogP contribution in [0.25, 0.3) is 17.2 Å². The van der Waals surface area contributed by atoms with E-state index >= 15 is 0 Å². The zero-order valence-corrected chi connectivity index (χ0v) is 19.8. The molecule has 6 heteroatoms. The Labute approximate surface area is 201 Å². The summed E-state index contributed by atoms with van der Waals surface area (Å²) in [6, 6.07) is 10.8. The molecule has 34 heavy (non-hydrogen) atoms. The molecular formula is C28H35NO5. The highest BCUT2D eigenvalue weighted by atomic mass is 16.7. The van der Waals surface area contributed by atoms with Crippen LogP contribution in [0, 0.1) is 0 Å². The minimum Gasteiger partial charge on any atom is -0.504 e. The van der Waals surface area contributed by atoms with Crippen molar-refractivity contribution in [3.63, 3.8) is 0 Å². The SMILES string of the molecule is Oc1c(/C=C/NC2CCCCC2)c(-c2ccccc2CCOC2CCCCO2)cc2c1OCO2. The number of rotatable bonds is 8. The van der Waals surface area contributed by atoms with Crippen molar-refractivity contribution in [3.05, 3.63) is 47.7 Å². The van der Waals surface area contributed by atoms with Gasteiger partial charge in [-0.05, 0) is 73.6 Å². The van der Waals surface area contributed by atoms with Gasteiger partial charge in [0.25, 0.3) is 0 Å². The number of nitrogens with one attached hydrogen (secondary N) is 1. The summed E-state index contributed by atoms with van der Waals surface area (Å²) in [5.74, 6) is 1.11. The molecular weight excluding hydrogens is 430 g/mol. The van der Waals surface area contributed by atoms with Crippen LogP contribution in [0.1, 0.15) is 62.5 Å².